The van der Waals surface area contributed by atoms with Gasteiger partial charge >= 0.3 is 0 Å². The normalized spacial score (nSPS) is 11.6. The van der Waals surface area contributed by atoms with Gasteiger partial charge in [-0.1, -0.05) is 30.3 Å². The largest absolute Gasteiger partial charge is 0.496 e. The molecule has 1 amide bonds. The first-order chi connectivity index (χ1) is 15.1. The Bertz CT molecular complexity index is 993. The molecule has 2 N–H and O–H groups in total. The highest BCUT2D eigenvalue weighted by Crippen LogP contribution is 2.21. The summed E-state index contributed by atoms with van der Waals surface area (Å²) in [5.74, 6) is 0.397. The van der Waals surface area contributed by atoms with Gasteiger partial charge in [0.1, 0.15) is 30.0 Å². The van der Waals surface area contributed by atoms with Crippen LogP contribution in [0.2, 0.25) is 0 Å². The summed E-state index contributed by atoms with van der Waals surface area (Å²) in [6.07, 6.45) is -0.864. The smallest absolute Gasteiger partial charge is 0.259 e. The molecule has 0 aliphatic carbocycles. The van der Waals surface area contributed by atoms with E-state index in [1.54, 1.807) is 66.7 Å². The van der Waals surface area contributed by atoms with Crippen LogP contribution in [0.3, 0.4) is 0 Å². The summed E-state index contributed by atoms with van der Waals surface area (Å²) >= 11 is 0. The van der Waals surface area contributed by atoms with E-state index in [-0.39, 0.29) is 31.5 Å². The number of hydrogen-bond acceptors (Lipinski definition) is 5. The molecule has 162 valence electrons. The van der Waals surface area contributed by atoms with Gasteiger partial charge in [-0.15, -0.1) is 0 Å². The van der Waals surface area contributed by atoms with Crippen LogP contribution in [-0.4, -0.2) is 37.4 Å². The van der Waals surface area contributed by atoms with Gasteiger partial charge in [0.15, 0.2) is 0 Å². The summed E-state index contributed by atoms with van der Waals surface area (Å²) in [6.45, 7) is 0.107. The Morgan fingerprint density at radius 3 is 2.45 bits per heavy atom. The van der Waals surface area contributed by atoms with Crippen LogP contribution >= 0.6 is 0 Å². The molecule has 3 aromatic rings. The lowest BCUT2D eigenvalue weighted by molar-refractivity contribution is 0.00477. The molecule has 6 nitrogen and oxygen atoms in total. The van der Waals surface area contributed by atoms with Crippen LogP contribution in [0.1, 0.15) is 15.9 Å². The number of carbonyl (C=O) groups is 1. The van der Waals surface area contributed by atoms with Crippen molar-refractivity contribution in [3.63, 3.8) is 0 Å². The molecular formula is C24H24FNO5. The van der Waals surface area contributed by atoms with Crippen LogP contribution in [0.4, 0.5) is 10.1 Å². The molecule has 0 heterocycles. The fourth-order valence-electron chi connectivity index (χ4n) is 2.83. The van der Waals surface area contributed by atoms with Crippen LogP contribution in [0.15, 0.2) is 72.8 Å². The molecule has 0 aliphatic heterocycles. The number of hydrogen-bond donors (Lipinski definition) is 2. The molecule has 0 radical (unpaired) electrons. The van der Waals surface area contributed by atoms with Gasteiger partial charge in [-0.25, -0.2) is 4.39 Å². The first-order valence-electron chi connectivity index (χ1n) is 9.73. The van der Waals surface area contributed by atoms with Gasteiger partial charge in [-0.3, -0.25) is 4.79 Å². The van der Waals surface area contributed by atoms with E-state index in [1.165, 1.54) is 13.2 Å². The lowest BCUT2D eigenvalue weighted by Crippen LogP contribution is -2.23. The molecule has 31 heavy (non-hydrogen) atoms. The van der Waals surface area contributed by atoms with Gasteiger partial charge in [-0.05, 0) is 42.5 Å². The van der Waals surface area contributed by atoms with Crippen molar-refractivity contribution in [1.29, 1.82) is 0 Å². The van der Waals surface area contributed by atoms with Crippen LogP contribution in [0.5, 0.6) is 11.5 Å². The number of methoxy groups -OCH3 is 1. The number of ether oxygens (including phenoxy) is 3. The van der Waals surface area contributed by atoms with E-state index in [0.29, 0.717) is 28.3 Å². The van der Waals surface area contributed by atoms with E-state index in [1.807, 2.05) is 0 Å². The Balaban J connectivity index is 1.43. The molecule has 3 rings (SSSR count). The number of halogens is 1. The van der Waals surface area contributed by atoms with Gasteiger partial charge < -0.3 is 24.6 Å². The maximum Gasteiger partial charge on any atom is 0.259 e. The Morgan fingerprint density at radius 2 is 1.71 bits per heavy atom. The maximum absolute atomic E-state index is 13.5. The minimum absolute atomic E-state index is 0.0153. The van der Waals surface area contributed by atoms with Crippen LogP contribution < -0.4 is 14.8 Å². The zero-order valence-corrected chi connectivity index (χ0v) is 17.1. The van der Waals surface area contributed by atoms with Crippen molar-refractivity contribution < 1.29 is 28.5 Å². The minimum Gasteiger partial charge on any atom is -0.496 e. The Hall–Kier alpha value is -3.42. The second kappa shape index (κ2) is 11.1. The Morgan fingerprint density at radius 1 is 1.00 bits per heavy atom. The lowest BCUT2D eigenvalue weighted by atomic mass is 10.2. The molecule has 0 aliphatic rings. The summed E-state index contributed by atoms with van der Waals surface area (Å²) in [5, 5.41) is 12.8. The van der Waals surface area contributed by atoms with E-state index in [0.717, 1.165) is 0 Å². The number of amides is 1. The molecule has 0 unspecified atom stereocenters. The first kappa shape index (κ1) is 22.3. The van der Waals surface area contributed by atoms with Gasteiger partial charge in [0.25, 0.3) is 5.91 Å². The number of carbonyl (C=O) groups excluding carboxylic acids is 1. The van der Waals surface area contributed by atoms with Gasteiger partial charge in [0, 0.05) is 11.3 Å². The van der Waals surface area contributed by atoms with Crippen molar-refractivity contribution in [3.05, 3.63) is 89.7 Å². The van der Waals surface area contributed by atoms with Gasteiger partial charge in [0.2, 0.25) is 0 Å². The average Bonchev–Trinajstić information content (AvgIpc) is 2.80. The number of benzene rings is 3. The van der Waals surface area contributed by atoms with Crippen LogP contribution in [0, 0.1) is 5.82 Å². The van der Waals surface area contributed by atoms with Crippen molar-refractivity contribution in [1.82, 2.24) is 0 Å². The summed E-state index contributed by atoms with van der Waals surface area (Å²) in [7, 11) is 1.51. The third kappa shape index (κ3) is 6.53. The fourth-order valence-corrected chi connectivity index (χ4v) is 2.83. The monoisotopic (exact) mass is 425 g/mol. The second-order valence-corrected chi connectivity index (χ2v) is 6.75. The molecule has 0 saturated carbocycles. The summed E-state index contributed by atoms with van der Waals surface area (Å²) in [5.41, 5.74) is 1.46. The number of aliphatic hydroxyl groups excluding tert-OH is 1. The van der Waals surface area contributed by atoms with Gasteiger partial charge in [0.05, 0.1) is 25.9 Å². The quantitative estimate of drug-likeness (QED) is 0.513. The van der Waals surface area contributed by atoms with Crippen LogP contribution in [0.25, 0.3) is 0 Å². The third-order valence-electron chi connectivity index (χ3n) is 4.43. The minimum atomic E-state index is -0.864. The topological polar surface area (TPSA) is 77.0 Å². The summed E-state index contributed by atoms with van der Waals surface area (Å²) in [4.78, 5) is 12.4. The summed E-state index contributed by atoms with van der Waals surface area (Å²) < 4.78 is 29.6. The van der Waals surface area contributed by atoms with Crippen molar-refractivity contribution >= 4 is 11.6 Å². The SMILES string of the molecule is COc1ccccc1C(=O)Nc1ccc(OC[C@H](O)COCc2ccccc2F)cc1. The summed E-state index contributed by atoms with van der Waals surface area (Å²) in [6, 6.07) is 20.1. The molecule has 0 fully saturated rings. The number of rotatable bonds is 10. The molecule has 7 heteroatoms. The number of anilines is 1. The number of nitrogens with one attached hydrogen (secondary N) is 1. The molecule has 0 spiro atoms. The zero-order chi connectivity index (χ0) is 22.1. The van der Waals surface area contributed by atoms with Crippen molar-refractivity contribution in [2.75, 3.05) is 25.6 Å². The molecule has 1 atom stereocenters. The first-order valence-corrected chi connectivity index (χ1v) is 9.73. The highest BCUT2D eigenvalue weighted by atomic mass is 19.1. The fraction of sp³-hybridized carbons (Fsp3) is 0.208. The van der Waals surface area contributed by atoms with E-state index < -0.39 is 6.10 Å². The van der Waals surface area contributed by atoms with E-state index in [2.05, 4.69) is 5.32 Å². The van der Waals surface area contributed by atoms with Crippen LogP contribution in [-0.2, 0) is 11.3 Å². The molecule has 0 saturated heterocycles. The zero-order valence-electron chi connectivity index (χ0n) is 17.1. The van der Waals surface area contributed by atoms with E-state index in [9.17, 15) is 14.3 Å². The molecular weight excluding hydrogens is 401 g/mol. The maximum atomic E-state index is 13.5. The van der Waals surface area contributed by atoms with Crippen molar-refractivity contribution in [2.45, 2.75) is 12.7 Å². The molecule has 0 aromatic heterocycles. The highest BCUT2D eigenvalue weighted by Gasteiger charge is 2.12. The van der Waals surface area contributed by atoms with E-state index >= 15 is 0 Å². The van der Waals surface area contributed by atoms with E-state index in [4.69, 9.17) is 14.2 Å². The van der Waals surface area contributed by atoms with Gasteiger partial charge in [-0.2, -0.15) is 0 Å². The molecule has 0 bridgehead atoms. The molecule has 3 aromatic carbocycles. The predicted molar refractivity (Wildman–Crippen MR) is 115 cm³/mol. The standard InChI is InChI=1S/C24H24FNO5/c1-29-23-9-5-3-7-21(23)24(28)26-18-10-12-20(13-11-18)31-16-19(27)15-30-14-17-6-2-4-8-22(17)25/h2-13,19,27H,14-16H2,1H3,(H,26,28)/t19-/m1/s1. The Labute approximate surface area is 180 Å². The Kier molecular flexibility index (Phi) is 7.98. The second-order valence-electron chi connectivity index (χ2n) is 6.75. The number of para-hydroxylation sites is 1. The van der Waals surface area contributed by atoms with Crippen molar-refractivity contribution in [3.8, 4) is 11.5 Å². The lowest BCUT2D eigenvalue weighted by Gasteiger charge is -2.14. The average molecular weight is 425 g/mol. The predicted octanol–water partition coefficient (Wildman–Crippen LogP) is 4.04. The number of aliphatic hydroxyl groups is 1. The third-order valence-corrected chi connectivity index (χ3v) is 4.43. The van der Waals surface area contributed by atoms with Crippen molar-refractivity contribution in [2.24, 2.45) is 0 Å². The highest BCUT2D eigenvalue weighted by molar-refractivity contribution is 6.06.